The third-order valence-electron chi connectivity index (χ3n) is 5.35. The molecule has 0 aromatic heterocycles. The van der Waals surface area contributed by atoms with Gasteiger partial charge in [0.15, 0.2) is 0 Å². The average Bonchev–Trinajstić information content (AvgIpc) is 2.58. The molecule has 121 valence electrons. The Morgan fingerprint density at radius 1 is 0.818 bits per heavy atom. The molecule has 1 aliphatic carbocycles. The zero-order valence-corrected chi connectivity index (χ0v) is 17.2. The molecule has 22 heavy (non-hydrogen) atoms. The Bertz CT molecular complexity index is 325. The first kappa shape index (κ1) is 20.3. The Kier molecular flexibility index (Phi) is 10.9. The Labute approximate surface area is 162 Å². The fraction of sp³-hybridized carbons (Fsp3) is 0.700. The Balaban J connectivity index is 0.000000293. The van der Waals surface area contributed by atoms with Gasteiger partial charge in [-0.25, -0.2) is 0 Å². The fourth-order valence-corrected chi connectivity index (χ4v) is 3.87. The van der Waals surface area contributed by atoms with Crippen molar-refractivity contribution in [3.05, 3.63) is 41.7 Å². The normalized spacial score (nSPS) is 25.8. The van der Waals surface area contributed by atoms with Gasteiger partial charge in [0.1, 0.15) is 0 Å². The second-order valence-electron chi connectivity index (χ2n) is 7.00. The summed E-state index contributed by atoms with van der Waals surface area (Å²) in [5, 5.41) is 4.47. The van der Waals surface area contributed by atoms with Crippen LogP contribution in [0.2, 0.25) is 0 Å². The molecule has 1 aromatic rings. The van der Waals surface area contributed by atoms with Crippen molar-refractivity contribution in [2.45, 2.75) is 52.4 Å². The molecular formula is C20H31NY-2. The minimum absolute atomic E-state index is 0. The van der Waals surface area contributed by atoms with E-state index >= 15 is 0 Å². The molecule has 1 saturated heterocycles. The summed E-state index contributed by atoms with van der Waals surface area (Å²) in [6.07, 6.45) is 8.78. The van der Waals surface area contributed by atoms with Crippen molar-refractivity contribution in [1.29, 1.82) is 0 Å². The summed E-state index contributed by atoms with van der Waals surface area (Å²) in [7, 11) is 0. The molecule has 1 aromatic carbocycles. The van der Waals surface area contributed by atoms with Crippen molar-refractivity contribution in [2.75, 3.05) is 13.1 Å². The summed E-state index contributed by atoms with van der Waals surface area (Å²) in [6, 6.07) is 12.5. The van der Waals surface area contributed by atoms with Crippen molar-refractivity contribution < 1.29 is 32.7 Å². The Morgan fingerprint density at radius 2 is 1.36 bits per heavy atom. The molecule has 3 rings (SSSR count). The van der Waals surface area contributed by atoms with Crippen LogP contribution in [0.4, 0.5) is 0 Å². The van der Waals surface area contributed by atoms with Gasteiger partial charge in [-0.1, -0.05) is 26.7 Å². The van der Waals surface area contributed by atoms with Crippen LogP contribution in [0.1, 0.15) is 52.4 Å². The fourth-order valence-electron chi connectivity index (χ4n) is 3.87. The molecule has 0 N–H and O–H groups in total. The van der Waals surface area contributed by atoms with Crippen LogP contribution in [0.3, 0.4) is 0 Å². The van der Waals surface area contributed by atoms with Gasteiger partial charge in [0, 0.05) is 32.7 Å². The average molecular weight is 374 g/mol. The predicted octanol–water partition coefficient (Wildman–Crippen LogP) is 5.72. The van der Waals surface area contributed by atoms with E-state index in [9.17, 15) is 0 Å². The molecule has 0 amide bonds. The number of hydrogen-bond acceptors (Lipinski definition) is 0. The second-order valence-corrected chi connectivity index (χ2v) is 7.00. The van der Waals surface area contributed by atoms with Crippen molar-refractivity contribution in [3.8, 4) is 0 Å². The van der Waals surface area contributed by atoms with Gasteiger partial charge in [0.2, 0.25) is 0 Å². The van der Waals surface area contributed by atoms with E-state index in [2.05, 4.69) is 25.2 Å². The summed E-state index contributed by atoms with van der Waals surface area (Å²) in [5.74, 6) is 4.01. The van der Waals surface area contributed by atoms with Crippen molar-refractivity contribution in [2.24, 2.45) is 23.7 Å². The minimum Gasteiger partial charge on any atom is -0.662 e. The van der Waals surface area contributed by atoms with Gasteiger partial charge in [-0.15, -0.1) is 13.1 Å². The van der Waals surface area contributed by atoms with E-state index in [4.69, 9.17) is 0 Å². The topological polar surface area (TPSA) is 14.1 Å². The molecule has 0 unspecified atom stereocenters. The summed E-state index contributed by atoms with van der Waals surface area (Å²) in [5.41, 5.74) is 0. The third kappa shape index (κ3) is 7.24. The molecule has 2 aliphatic rings. The number of hydrogen-bond donors (Lipinski definition) is 0. The molecule has 2 heteroatoms. The standard InChI is InChI=1S/C14H26N.C6H5.Y/c1-11(2)12-3-5-13(6-4-12)14-7-9-15-10-8-14;1-2-4-6-5-3-1;/h11-14H,3-10H2,1-2H3;1-5H;/q2*-1;. The molecular weight excluding hydrogens is 343 g/mol. The van der Waals surface area contributed by atoms with Gasteiger partial charge in [0.25, 0.3) is 0 Å². The number of rotatable bonds is 2. The molecule has 1 saturated carbocycles. The molecule has 1 aliphatic heterocycles. The van der Waals surface area contributed by atoms with Crippen LogP contribution in [0.25, 0.3) is 5.32 Å². The molecule has 2 fully saturated rings. The van der Waals surface area contributed by atoms with Crippen molar-refractivity contribution in [1.82, 2.24) is 0 Å². The zero-order chi connectivity index (χ0) is 14.9. The molecule has 0 atom stereocenters. The van der Waals surface area contributed by atoms with Gasteiger partial charge in [-0.05, 0) is 49.4 Å². The smallest absolute Gasteiger partial charge is 0 e. The van der Waals surface area contributed by atoms with Crippen LogP contribution >= 0.6 is 0 Å². The summed E-state index contributed by atoms with van der Waals surface area (Å²) < 4.78 is 0. The van der Waals surface area contributed by atoms with E-state index in [1.165, 1.54) is 38.5 Å². The summed E-state index contributed by atoms with van der Waals surface area (Å²) >= 11 is 0. The molecule has 1 heterocycles. The van der Waals surface area contributed by atoms with E-state index in [1.54, 1.807) is 0 Å². The molecule has 0 bridgehead atoms. The van der Waals surface area contributed by atoms with E-state index < -0.39 is 0 Å². The van der Waals surface area contributed by atoms with E-state index in [-0.39, 0.29) is 32.7 Å². The van der Waals surface area contributed by atoms with Crippen LogP contribution in [0.5, 0.6) is 0 Å². The van der Waals surface area contributed by atoms with Crippen LogP contribution < -0.4 is 0 Å². The number of nitrogens with zero attached hydrogens (tertiary/aromatic N) is 1. The van der Waals surface area contributed by atoms with Gasteiger partial charge in [-0.3, -0.25) is 0 Å². The number of benzene rings is 1. The van der Waals surface area contributed by atoms with E-state index in [0.29, 0.717) is 0 Å². The monoisotopic (exact) mass is 374 g/mol. The van der Waals surface area contributed by atoms with Crippen LogP contribution in [-0.4, -0.2) is 13.1 Å². The van der Waals surface area contributed by atoms with Gasteiger partial charge in [-0.2, -0.15) is 36.4 Å². The van der Waals surface area contributed by atoms with Crippen LogP contribution in [-0.2, 0) is 32.7 Å². The number of piperidine rings is 1. The molecule has 1 nitrogen and oxygen atoms in total. The van der Waals surface area contributed by atoms with E-state index in [1.807, 2.05) is 30.3 Å². The van der Waals surface area contributed by atoms with Gasteiger partial charge < -0.3 is 5.32 Å². The maximum atomic E-state index is 4.47. The largest absolute Gasteiger partial charge is 0.662 e. The first-order valence-electron chi connectivity index (χ1n) is 8.81. The van der Waals surface area contributed by atoms with Gasteiger partial charge >= 0.3 is 0 Å². The SMILES string of the molecule is CC(C)C1CCC(C2CC[N-]CC2)CC1.[Y].[c-]1ccccc1. The van der Waals surface area contributed by atoms with E-state index in [0.717, 1.165) is 36.8 Å². The Morgan fingerprint density at radius 3 is 1.77 bits per heavy atom. The quantitative estimate of drug-likeness (QED) is 0.588. The minimum atomic E-state index is 0. The Hall–Kier alpha value is 0.284. The van der Waals surface area contributed by atoms with Gasteiger partial charge in [0.05, 0.1) is 0 Å². The summed E-state index contributed by atoms with van der Waals surface area (Å²) in [6.45, 7) is 7.08. The first-order chi connectivity index (χ1) is 10.3. The molecule has 1 radical (unpaired) electrons. The predicted molar refractivity (Wildman–Crippen MR) is 91.4 cm³/mol. The maximum Gasteiger partial charge on any atom is 0 e. The van der Waals surface area contributed by atoms with Crippen LogP contribution in [0, 0.1) is 29.7 Å². The zero-order valence-electron chi connectivity index (χ0n) is 14.4. The molecule has 0 spiro atoms. The van der Waals surface area contributed by atoms with Crippen molar-refractivity contribution >= 4 is 0 Å². The maximum absolute atomic E-state index is 4.47. The van der Waals surface area contributed by atoms with Crippen LogP contribution in [0.15, 0.2) is 30.3 Å². The summed E-state index contributed by atoms with van der Waals surface area (Å²) in [4.78, 5) is 0. The second kappa shape index (κ2) is 11.8. The third-order valence-corrected chi connectivity index (χ3v) is 5.35. The first-order valence-corrected chi connectivity index (χ1v) is 8.81. The van der Waals surface area contributed by atoms with Crippen molar-refractivity contribution in [3.63, 3.8) is 0 Å².